The summed E-state index contributed by atoms with van der Waals surface area (Å²) in [6.07, 6.45) is 1.69. The lowest BCUT2D eigenvalue weighted by Crippen LogP contribution is -2.30. The van der Waals surface area contributed by atoms with Crippen LogP contribution in [0.1, 0.15) is 29.3 Å². The Morgan fingerprint density at radius 2 is 1.60 bits per heavy atom. The van der Waals surface area contributed by atoms with Gasteiger partial charge in [0, 0.05) is 26.7 Å². The number of amides is 3. The fourth-order valence-corrected chi connectivity index (χ4v) is 5.44. The second kappa shape index (κ2) is 15.1. The van der Waals surface area contributed by atoms with Gasteiger partial charge in [0.05, 0.1) is 21.0 Å². The topological polar surface area (TPSA) is 87.3 Å². The summed E-state index contributed by atoms with van der Waals surface area (Å²) in [5.41, 5.74) is 0.836. The first-order valence-corrected chi connectivity index (χ1v) is 15.0. The Hall–Kier alpha value is -3.82. The lowest BCUT2D eigenvalue weighted by Gasteiger charge is -2.16. The van der Waals surface area contributed by atoms with Crippen LogP contribution in [0.3, 0.4) is 0 Å². The molecular formula is C32H25Cl3FN3O3S. The Bertz CT molecular complexity index is 1660. The highest BCUT2D eigenvalue weighted by atomic mass is 35.5. The molecule has 0 spiro atoms. The smallest absolute Gasteiger partial charge is 0.272 e. The Morgan fingerprint density at radius 3 is 2.33 bits per heavy atom. The van der Waals surface area contributed by atoms with Crippen molar-refractivity contribution in [3.05, 3.63) is 129 Å². The SMILES string of the molecule is CCC(Sc1cccc(NC(=O)/C(=C\c2c(F)cccc2Cl)NC(=O)c2ccccc2)c1)C(=O)Nc1cc(Cl)ccc1Cl. The molecule has 0 saturated carbocycles. The number of nitrogens with one attached hydrogen (secondary N) is 3. The van der Waals surface area contributed by atoms with Crippen molar-refractivity contribution in [3.8, 4) is 0 Å². The van der Waals surface area contributed by atoms with Gasteiger partial charge < -0.3 is 16.0 Å². The van der Waals surface area contributed by atoms with Crippen LogP contribution in [0.2, 0.25) is 15.1 Å². The third kappa shape index (κ3) is 8.84. The van der Waals surface area contributed by atoms with E-state index in [0.29, 0.717) is 38.3 Å². The van der Waals surface area contributed by atoms with Gasteiger partial charge in [-0.3, -0.25) is 14.4 Å². The van der Waals surface area contributed by atoms with Crippen LogP contribution in [0, 0.1) is 5.82 Å². The van der Waals surface area contributed by atoms with Crippen LogP contribution in [-0.4, -0.2) is 23.0 Å². The maximum Gasteiger partial charge on any atom is 0.272 e. The van der Waals surface area contributed by atoms with Crippen LogP contribution < -0.4 is 16.0 Å². The van der Waals surface area contributed by atoms with E-state index in [1.807, 2.05) is 6.92 Å². The van der Waals surface area contributed by atoms with Crippen molar-refractivity contribution in [2.75, 3.05) is 10.6 Å². The Morgan fingerprint density at radius 1 is 0.860 bits per heavy atom. The number of anilines is 2. The molecule has 0 saturated heterocycles. The third-order valence-electron chi connectivity index (χ3n) is 6.04. The Labute approximate surface area is 267 Å². The fraction of sp³-hybridized carbons (Fsp3) is 0.0938. The van der Waals surface area contributed by atoms with Crippen LogP contribution >= 0.6 is 46.6 Å². The van der Waals surface area contributed by atoms with Gasteiger partial charge in [-0.2, -0.15) is 0 Å². The summed E-state index contributed by atoms with van der Waals surface area (Å²) < 4.78 is 14.6. The first-order valence-electron chi connectivity index (χ1n) is 13.0. The maximum atomic E-state index is 14.6. The molecule has 11 heteroatoms. The van der Waals surface area contributed by atoms with Crippen molar-refractivity contribution < 1.29 is 18.8 Å². The lowest BCUT2D eigenvalue weighted by atomic mass is 10.1. The number of carbonyl (C=O) groups excluding carboxylic acids is 3. The monoisotopic (exact) mass is 655 g/mol. The summed E-state index contributed by atoms with van der Waals surface area (Å²) in [5, 5.41) is 8.51. The number of hydrogen-bond acceptors (Lipinski definition) is 4. The van der Waals surface area contributed by atoms with E-state index >= 15 is 0 Å². The van der Waals surface area contributed by atoms with E-state index in [0.717, 1.165) is 0 Å². The molecule has 0 radical (unpaired) electrons. The summed E-state index contributed by atoms with van der Waals surface area (Å²) in [4.78, 5) is 40.0. The number of thioether (sulfide) groups is 1. The predicted molar refractivity (Wildman–Crippen MR) is 173 cm³/mol. The first kappa shape index (κ1) is 32.1. The molecule has 1 atom stereocenters. The summed E-state index contributed by atoms with van der Waals surface area (Å²) in [5.74, 6) is -2.18. The molecule has 3 N–H and O–H groups in total. The normalized spacial score (nSPS) is 11.9. The van der Waals surface area contributed by atoms with Crippen LogP contribution in [0.15, 0.2) is 102 Å². The molecule has 0 heterocycles. The van der Waals surface area contributed by atoms with E-state index in [1.165, 1.54) is 36.0 Å². The Balaban J connectivity index is 1.54. The van der Waals surface area contributed by atoms with E-state index in [4.69, 9.17) is 34.8 Å². The zero-order valence-corrected chi connectivity index (χ0v) is 25.8. The van der Waals surface area contributed by atoms with E-state index in [-0.39, 0.29) is 22.2 Å². The van der Waals surface area contributed by atoms with Crippen LogP contribution in [-0.2, 0) is 9.59 Å². The molecule has 3 amide bonds. The van der Waals surface area contributed by atoms with Crippen LogP contribution in [0.5, 0.6) is 0 Å². The molecule has 0 aliphatic heterocycles. The van der Waals surface area contributed by atoms with Crippen LogP contribution in [0.4, 0.5) is 15.8 Å². The van der Waals surface area contributed by atoms with E-state index in [9.17, 15) is 18.8 Å². The molecule has 0 bridgehead atoms. The highest BCUT2D eigenvalue weighted by molar-refractivity contribution is 8.00. The largest absolute Gasteiger partial charge is 0.324 e. The van der Waals surface area contributed by atoms with E-state index in [1.54, 1.807) is 72.8 Å². The molecule has 4 aromatic rings. The van der Waals surface area contributed by atoms with Crippen molar-refractivity contribution >= 4 is 81.7 Å². The molecule has 220 valence electrons. The van der Waals surface area contributed by atoms with E-state index in [2.05, 4.69) is 16.0 Å². The van der Waals surface area contributed by atoms with Gasteiger partial charge in [0.2, 0.25) is 5.91 Å². The molecule has 0 aliphatic rings. The molecule has 1 unspecified atom stereocenters. The van der Waals surface area contributed by atoms with Gasteiger partial charge in [0.1, 0.15) is 11.5 Å². The Kier molecular flexibility index (Phi) is 11.3. The number of hydrogen-bond donors (Lipinski definition) is 3. The van der Waals surface area contributed by atoms with Gasteiger partial charge in [0.15, 0.2) is 0 Å². The molecule has 0 aliphatic carbocycles. The third-order valence-corrected chi connectivity index (χ3v) is 8.29. The molecule has 0 aromatic heterocycles. The maximum absolute atomic E-state index is 14.6. The van der Waals surface area contributed by atoms with Crippen molar-refractivity contribution in [1.82, 2.24) is 5.32 Å². The zero-order valence-electron chi connectivity index (χ0n) is 22.7. The summed E-state index contributed by atoms with van der Waals surface area (Å²) in [6, 6.07) is 24.1. The van der Waals surface area contributed by atoms with Crippen molar-refractivity contribution in [2.45, 2.75) is 23.5 Å². The van der Waals surface area contributed by atoms with Gasteiger partial charge in [0.25, 0.3) is 11.8 Å². The number of carbonyl (C=O) groups is 3. The minimum absolute atomic E-state index is 0.0522. The molecular weight excluding hydrogens is 632 g/mol. The number of rotatable bonds is 10. The van der Waals surface area contributed by atoms with Gasteiger partial charge in [-0.15, -0.1) is 11.8 Å². The summed E-state index contributed by atoms with van der Waals surface area (Å²) >= 11 is 19.7. The van der Waals surface area contributed by atoms with Crippen molar-refractivity contribution in [1.29, 1.82) is 0 Å². The standard InChI is InChI=1S/C32H25Cl3FN3O3S/c1-2-29(32(42)38-27-16-20(33)14-15-25(27)35)43-22-11-6-10-21(17-22)37-31(41)28(18-23-24(34)12-7-13-26(23)36)39-30(40)19-8-4-3-5-9-19/h3-18,29H,2H2,1H3,(H,37,41)(H,38,42)(H,39,40)/b28-18+. The minimum atomic E-state index is -0.703. The predicted octanol–water partition coefficient (Wildman–Crippen LogP) is 8.70. The van der Waals surface area contributed by atoms with Crippen LogP contribution in [0.25, 0.3) is 6.08 Å². The first-order chi connectivity index (χ1) is 20.6. The molecule has 43 heavy (non-hydrogen) atoms. The zero-order chi connectivity index (χ0) is 30.9. The van der Waals surface area contributed by atoms with Gasteiger partial charge in [-0.1, -0.05) is 72.1 Å². The average molecular weight is 657 g/mol. The quantitative estimate of drug-likeness (QED) is 0.118. The lowest BCUT2D eigenvalue weighted by molar-refractivity contribution is -0.116. The highest BCUT2D eigenvalue weighted by Crippen LogP contribution is 2.31. The summed E-state index contributed by atoms with van der Waals surface area (Å²) in [6.45, 7) is 1.88. The fourth-order valence-electron chi connectivity index (χ4n) is 3.87. The van der Waals surface area contributed by atoms with Gasteiger partial charge >= 0.3 is 0 Å². The highest BCUT2D eigenvalue weighted by Gasteiger charge is 2.21. The number of halogens is 4. The molecule has 4 rings (SSSR count). The second-order valence-electron chi connectivity index (χ2n) is 9.12. The minimum Gasteiger partial charge on any atom is -0.324 e. The van der Waals surface area contributed by atoms with Gasteiger partial charge in [-0.25, -0.2) is 4.39 Å². The molecule has 4 aromatic carbocycles. The van der Waals surface area contributed by atoms with Gasteiger partial charge in [-0.05, 0) is 73.2 Å². The van der Waals surface area contributed by atoms with Crippen molar-refractivity contribution in [3.63, 3.8) is 0 Å². The number of benzene rings is 4. The molecule has 6 nitrogen and oxygen atoms in total. The van der Waals surface area contributed by atoms with E-state index < -0.39 is 22.9 Å². The second-order valence-corrected chi connectivity index (χ2v) is 11.7. The summed E-state index contributed by atoms with van der Waals surface area (Å²) in [7, 11) is 0. The van der Waals surface area contributed by atoms with Crippen molar-refractivity contribution in [2.24, 2.45) is 0 Å². The molecule has 0 fully saturated rings. The average Bonchev–Trinajstić information content (AvgIpc) is 2.99.